The second kappa shape index (κ2) is 4.69. The predicted octanol–water partition coefficient (Wildman–Crippen LogP) is 3.12. The van der Waals surface area contributed by atoms with Gasteiger partial charge >= 0.3 is 96.3 Å². The van der Waals surface area contributed by atoms with Crippen LogP contribution < -0.4 is 4.74 Å². The summed E-state index contributed by atoms with van der Waals surface area (Å²) in [6, 6.07) is 12.7. The minimum atomic E-state index is 0.390. The van der Waals surface area contributed by atoms with Gasteiger partial charge in [0.15, 0.2) is 0 Å². The van der Waals surface area contributed by atoms with Crippen molar-refractivity contribution in [1.29, 1.82) is 0 Å². The van der Waals surface area contributed by atoms with Gasteiger partial charge < -0.3 is 0 Å². The Bertz CT molecular complexity index is 431. The van der Waals surface area contributed by atoms with Crippen LogP contribution in [0.15, 0.2) is 36.4 Å². The summed E-state index contributed by atoms with van der Waals surface area (Å²) in [4.78, 5) is 0. The van der Waals surface area contributed by atoms with Crippen molar-refractivity contribution < 1.29 is 4.74 Å². The van der Waals surface area contributed by atoms with Crippen LogP contribution in [0.2, 0.25) is 0 Å². The number of rotatable bonds is 3. The van der Waals surface area contributed by atoms with E-state index >= 15 is 0 Å². The fourth-order valence-corrected chi connectivity index (χ4v) is 3.51. The molecule has 1 aromatic heterocycles. The molecule has 0 unspecified atom stereocenters. The second-order valence-corrected chi connectivity index (χ2v) is 5.91. The Balaban J connectivity index is 2.43. The van der Waals surface area contributed by atoms with E-state index in [9.17, 15) is 0 Å². The molecule has 15 heavy (non-hydrogen) atoms. The fourth-order valence-electron chi connectivity index (χ4n) is 1.55. The molecule has 1 nitrogen and oxygen atoms in total. The van der Waals surface area contributed by atoms with E-state index in [0.717, 1.165) is 6.61 Å². The van der Waals surface area contributed by atoms with Crippen molar-refractivity contribution in [2.75, 3.05) is 6.61 Å². The van der Waals surface area contributed by atoms with Crippen molar-refractivity contribution in [2.24, 2.45) is 0 Å². The molecule has 1 aromatic carbocycles. The molecule has 0 radical (unpaired) electrons. The van der Waals surface area contributed by atoms with E-state index in [4.69, 9.17) is 4.74 Å². The summed E-state index contributed by atoms with van der Waals surface area (Å²) in [5.74, 6) is 0. The molecule has 0 spiro atoms. The minimum absolute atomic E-state index is 0.390. The van der Waals surface area contributed by atoms with Gasteiger partial charge in [0.1, 0.15) is 0 Å². The molecule has 2 aromatic rings. The first-order valence-electron chi connectivity index (χ1n) is 5.10. The molecule has 0 amide bonds. The average molecular weight is 265 g/mol. The van der Waals surface area contributed by atoms with Crippen molar-refractivity contribution in [1.82, 2.24) is 0 Å². The standard InChI is InChI=1S/C13H14OSe/c1-3-14-13-12(9-10(2)15-13)11-7-5-4-6-8-11/h4-9H,3H2,1-2H3. The van der Waals surface area contributed by atoms with Gasteiger partial charge in [0.05, 0.1) is 0 Å². The Morgan fingerprint density at radius 3 is 2.60 bits per heavy atom. The molecule has 0 saturated heterocycles. The maximum absolute atomic E-state index is 5.70. The van der Waals surface area contributed by atoms with Gasteiger partial charge in [-0.05, 0) is 0 Å². The number of benzene rings is 1. The second-order valence-electron chi connectivity index (χ2n) is 3.36. The van der Waals surface area contributed by atoms with Crippen LogP contribution in [-0.2, 0) is 0 Å². The van der Waals surface area contributed by atoms with Gasteiger partial charge in [-0.2, -0.15) is 0 Å². The maximum atomic E-state index is 5.70. The number of hydrogen-bond acceptors (Lipinski definition) is 1. The zero-order chi connectivity index (χ0) is 10.7. The third-order valence-corrected chi connectivity index (χ3v) is 4.20. The zero-order valence-electron chi connectivity index (χ0n) is 8.99. The van der Waals surface area contributed by atoms with E-state index < -0.39 is 0 Å². The monoisotopic (exact) mass is 266 g/mol. The van der Waals surface area contributed by atoms with Crippen LogP contribution in [0.3, 0.4) is 0 Å². The Morgan fingerprint density at radius 1 is 1.20 bits per heavy atom. The summed E-state index contributed by atoms with van der Waals surface area (Å²) in [7, 11) is 0. The van der Waals surface area contributed by atoms with E-state index in [1.807, 2.05) is 13.0 Å². The van der Waals surface area contributed by atoms with Crippen LogP contribution in [0.25, 0.3) is 11.1 Å². The van der Waals surface area contributed by atoms with Crippen molar-refractivity contribution in [3.05, 3.63) is 40.8 Å². The Labute approximate surface area is 96.5 Å². The molecular formula is C13H14OSe. The molecule has 2 heteroatoms. The van der Waals surface area contributed by atoms with Crippen LogP contribution >= 0.6 is 0 Å². The van der Waals surface area contributed by atoms with Crippen molar-refractivity contribution in [3.8, 4) is 15.8 Å². The molecular weight excluding hydrogens is 251 g/mol. The SMILES string of the molecule is CCOc1[se]c(C)cc1-c1ccccc1. The molecule has 0 N–H and O–H groups in total. The van der Waals surface area contributed by atoms with Crippen LogP contribution in [-0.4, -0.2) is 21.1 Å². The summed E-state index contributed by atoms with van der Waals surface area (Å²) < 4.78 is 8.31. The number of ether oxygens (including phenoxy) is 1. The Kier molecular flexibility index (Phi) is 3.30. The molecule has 1 heterocycles. The quantitative estimate of drug-likeness (QED) is 0.775. The third kappa shape index (κ3) is 2.34. The van der Waals surface area contributed by atoms with E-state index in [2.05, 4.69) is 37.3 Å². The van der Waals surface area contributed by atoms with Gasteiger partial charge in [0, 0.05) is 0 Å². The molecule has 0 aliphatic rings. The van der Waals surface area contributed by atoms with Crippen molar-refractivity contribution in [2.45, 2.75) is 13.8 Å². The third-order valence-electron chi connectivity index (χ3n) is 2.18. The van der Waals surface area contributed by atoms with Gasteiger partial charge in [-0.15, -0.1) is 0 Å². The van der Waals surface area contributed by atoms with Crippen LogP contribution in [0.1, 0.15) is 11.4 Å². The summed E-state index contributed by atoms with van der Waals surface area (Å²) in [5, 5.41) is 0. The van der Waals surface area contributed by atoms with E-state index in [1.165, 1.54) is 20.2 Å². The van der Waals surface area contributed by atoms with E-state index in [1.54, 1.807) is 0 Å². The topological polar surface area (TPSA) is 9.23 Å². The van der Waals surface area contributed by atoms with E-state index in [0.29, 0.717) is 14.5 Å². The Hall–Kier alpha value is -0.981. The molecule has 0 fully saturated rings. The van der Waals surface area contributed by atoms with Crippen molar-refractivity contribution >= 4 is 14.5 Å². The summed E-state index contributed by atoms with van der Waals surface area (Å²) in [6.07, 6.45) is 0. The first-order valence-corrected chi connectivity index (χ1v) is 6.81. The summed E-state index contributed by atoms with van der Waals surface area (Å²) in [5.41, 5.74) is 2.54. The number of hydrogen-bond donors (Lipinski definition) is 0. The predicted molar refractivity (Wildman–Crippen MR) is 64.7 cm³/mol. The Morgan fingerprint density at radius 2 is 1.93 bits per heavy atom. The van der Waals surface area contributed by atoms with Crippen LogP contribution in [0.5, 0.6) is 4.62 Å². The van der Waals surface area contributed by atoms with Gasteiger partial charge in [-0.3, -0.25) is 0 Å². The van der Waals surface area contributed by atoms with Gasteiger partial charge in [-0.1, -0.05) is 0 Å². The molecule has 0 aliphatic heterocycles. The van der Waals surface area contributed by atoms with Gasteiger partial charge in [0.25, 0.3) is 0 Å². The average Bonchev–Trinajstić information content (AvgIpc) is 2.62. The normalized spacial score (nSPS) is 10.3. The molecule has 0 bridgehead atoms. The van der Waals surface area contributed by atoms with E-state index in [-0.39, 0.29) is 0 Å². The van der Waals surface area contributed by atoms with Crippen LogP contribution in [0, 0.1) is 6.92 Å². The fraction of sp³-hybridized carbons (Fsp3) is 0.231. The molecule has 2 rings (SSSR count). The summed E-state index contributed by atoms with van der Waals surface area (Å²) >= 11 is 0.390. The van der Waals surface area contributed by atoms with Gasteiger partial charge in [0.2, 0.25) is 0 Å². The molecule has 0 aliphatic carbocycles. The summed E-state index contributed by atoms with van der Waals surface area (Å²) in [6.45, 7) is 4.98. The molecule has 0 saturated carbocycles. The first-order chi connectivity index (χ1) is 7.31. The van der Waals surface area contributed by atoms with Gasteiger partial charge in [-0.25, -0.2) is 0 Å². The molecule has 0 atom stereocenters. The first kappa shape index (κ1) is 10.5. The van der Waals surface area contributed by atoms with Crippen molar-refractivity contribution in [3.63, 3.8) is 0 Å². The zero-order valence-corrected chi connectivity index (χ0v) is 10.7. The molecule has 78 valence electrons. The van der Waals surface area contributed by atoms with Crippen LogP contribution in [0.4, 0.5) is 0 Å². The number of aryl methyl sites for hydroxylation is 1.